The minimum Gasteiger partial charge on any atom is -0.489 e. The second kappa shape index (κ2) is 12.4. The third-order valence-corrected chi connectivity index (χ3v) is 4.34. The van der Waals surface area contributed by atoms with E-state index in [1.165, 1.54) is 5.56 Å². The predicted octanol–water partition coefficient (Wildman–Crippen LogP) is 7.01. The fourth-order valence-corrected chi connectivity index (χ4v) is 2.64. The monoisotopic (exact) mass is 376 g/mol. The fourth-order valence-electron chi connectivity index (χ4n) is 2.64. The van der Waals surface area contributed by atoms with Crippen molar-refractivity contribution in [2.75, 3.05) is 18.6 Å². The molecule has 28 heavy (non-hydrogen) atoms. The molecule has 0 heterocycles. The first kappa shape index (κ1) is 23.0. The van der Waals surface area contributed by atoms with Gasteiger partial charge in [0.15, 0.2) is 0 Å². The molecule has 0 saturated carbocycles. The molecule has 148 valence electrons. The predicted molar refractivity (Wildman–Crippen MR) is 120 cm³/mol. The standard InChI is InChI=1S/C23H26N2O.C2H6/c1-5-6-18(2)17-26-23-13-11-22(12-14-23)25(4)21-9-7-20(8-10-21)19(3)15-16-24;1-2/h5-14,19H,1,15,17H2,2-4H3;1-2H3/b18-6+;. The highest BCUT2D eigenvalue weighted by Crippen LogP contribution is 2.28. The first-order chi connectivity index (χ1) is 13.5. The summed E-state index contributed by atoms with van der Waals surface area (Å²) in [5, 5.41) is 8.83. The summed E-state index contributed by atoms with van der Waals surface area (Å²) in [6.07, 6.45) is 4.25. The lowest BCUT2D eigenvalue weighted by molar-refractivity contribution is 0.352. The maximum Gasteiger partial charge on any atom is 0.119 e. The van der Waals surface area contributed by atoms with Crippen molar-refractivity contribution in [3.05, 3.63) is 78.4 Å². The van der Waals surface area contributed by atoms with E-state index >= 15 is 0 Å². The number of allylic oxidation sites excluding steroid dienone is 2. The van der Waals surface area contributed by atoms with Gasteiger partial charge < -0.3 is 9.64 Å². The van der Waals surface area contributed by atoms with Crippen molar-refractivity contribution in [3.8, 4) is 11.8 Å². The van der Waals surface area contributed by atoms with Crippen molar-refractivity contribution in [2.45, 2.75) is 40.0 Å². The molecule has 3 heteroatoms. The largest absolute Gasteiger partial charge is 0.489 e. The molecule has 0 saturated heterocycles. The minimum atomic E-state index is 0.259. The number of nitriles is 1. The summed E-state index contributed by atoms with van der Waals surface area (Å²) in [4.78, 5) is 2.13. The van der Waals surface area contributed by atoms with Crippen LogP contribution in [0.3, 0.4) is 0 Å². The van der Waals surface area contributed by atoms with E-state index in [0.29, 0.717) is 13.0 Å². The van der Waals surface area contributed by atoms with Gasteiger partial charge in [-0.2, -0.15) is 5.26 Å². The minimum absolute atomic E-state index is 0.259. The van der Waals surface area contributed by atoms with Gasteiger partial charge >= 0.3 is 0 Å². The van der Waals surface area contributed by atoms with Crippen LogP contribution in [0.2, 0.25) is 0 Å². The molecular formula is C25H32N2O. The van der Waals surface area contributed by atoms with E-state index in [2.05, 4.69) is 48.7 Å². The summed E-state index contributed by atoms with van der Waals surface area (Å²) in [7, 11) is 2.04. The Morgan fingerprint density at radius 3 is 2.14 bits per heavy atom. The highest BCUT2D eigenvalue weighted by Gasteiger charge is 2.08. The average molecular weight is 377 g/mol. The lowest BCUT2D eigenvalue weighted by atomic mass is 9.98. The van der Waals surface area contributed by atoms with Crippen LogP contribution >= 0.6 is 0 Å². The lowest BCUT2D eigenvalue weighted by Crippen LogP contribution is -2.09. The van der Waals surface area contributed by atoms with E-state index in [1.807, 2.05) is 58.2 Å². The van der Waals surface area contributed by atoms with E-state index in [4.69, 9.17) is 10.00 Å². The van der Waals surface area contributed by atoms with Gasteiger partial charge in [0.2, 0.25) is 0 Å². The molecule has 2 aromatic carbocycles. The first-order valence-electron chi connectivity index (χ1n) is 9.77. The van der Waals surface area contributed by atoms with E-state index in [0.717, 1.165) is 22.7 Å². The smallest absolute Gasteiger partial charge is 0.119 e. The molecule has 0 aliphatic rings. The van der Waals surface area contributed by atoms with Crippen LogP contribution in [0.4, 0.5) is 11.4 Å². The molecule has 0 amide bonds. The molecular weight excluding hydrogens is 344 g/mol. The maximum absolute atomic E-state index is 8.83. The highest BCUT2D eigenvalue weighted by molar-refractivity contribution is 5.63. The van der Waals surface area contributed by atoms with Crippen LogP contribution in [0, 0.1) is 11.3 Å². The number of rotatable bonds is 8. The van der Waals surface area contributed by atoms with Gasteiger partial charge in [-0.3, -0.25) is 0 Å². The second-order valence-corrected chi connectivity index (χ2v) is 6.45. The molecule has 0 spiro atoms. The van der Waals surface area contributed by atoms with Gasteiger partial charge in [-0.25, -0.2) is 0 Å². The Labute approximate surface area is 170 Å². The Balaban J connectivity index is 0.00000190. The van der Waals surface area contributed by atoms with Crippen LogP contribution in [0.5, 0.6) is 5.75 Å². The van der Waals surface area contributed by atoms with Crippen molar-refractivity contribution < 1.29 is 4.74 Å². The maximum atomic E-state index is 8.83. The molecule has 0 aliphatic heterocycles. The third-order valence-electron chi connectivity index (χ3n) is 4.34. The van der Waals surface area contributed by atoms with E-state index in [1.54, 1.807) is 6.08 Å². The number of nitrogens with zero attached hydrogens (tertiary/aromatic N) is 2. The molecule has 2 rings (SSSR count). The molecule has 1 unspecified atom stereocenters. The summed E-state index contributed by atoms with van der Waals surface area (Å²) in [6, 6.07) is 18.7. The number of ether oxygens (including phenoxy) is 1. The molecule has 2 aromatic rings. The fraction of sp³-hybridized carbons (Fsp3) is 0.320. The molecule has 0 bridgehead atoms. The van der Waals surface area contributed by atoms with E-state index in [9.17, 15) is 0 Å². The van der Waals surface area contributed by atoms with Crippen molar-refractivity contribution in [1.82, 2.24) is 0 Å². The zero-order chi connectivity index (χ0) is 20.9. The average Bonchev–Trinajstić information content (AvgIpc) is 2.74. The highest BCUT2D eigenvalue weighted by atomic mass is 16.5. The van der Waals surface area contributed by atoms with Crippen LogP contribution in [-0.4, -0.2) is 13.7 Å². The molecule has 3 nitrogen and oxygen atoms in total. The number of hydrogen-bond donors (Lipinski definition) is 0. The molecule has 0 aliphatic carbocycles. The van der Waals surface area contributed by atoms with Crippen LogP contribution < -0.4 is 9.64 Å². The molecule has 0 fully saturated rings. The molecule has 0 aromatic heterocycles. The van der Waals surface area contributed by atoms with Gasteiger partial charge in [0.05, 0.1) is 6.07 Å². The Bertz CT molecular complexity index is 783. The zero-order valence-corrected chi connectivity index (χ0v) is 17.8. The van der Waals surface area contributed by atoms with Crippen LogP contribution in [-0.2, 0) is 0 Å². The zero-order valence-electron chi connectivity index (χ0n) is 17.8. The van der Waals surface area contributed by atoms with Crippen LogP contribution in [0.15, 0.2) is 72.8 Å². The van der Waals surface area contributed by atoms with Crippen molar-refractivity contribution in [1.29, 1.82) is 5.26 Å². The topological polar surface area (TPSA) is 36.3 Å². The van der Waals surface area contributed by atoms with Crippen molar-refractivity contribution in [2.24, 2.45) is 0 Å². The Hall–Kier alpha value is -2.99. The van der Waals surface area contributed by atoms with Gasteiger partial charge in [-0.05, 0) is 60.4 Å². The van der Waals surface area contributed by atoms with Crippen molar-refractivity contribution >= 4 is 11.4 Å². The SMILES string of the molecule is C=C/C=C(\C)COc1ccc(N(C)c2ccc(C(C)CC#N)cc2)cc1.CC. The summed E-state index contributed by atoms with van der Waals surface area (Å²) in [5.74, 6) is 1.11. The van der Waals surface area contributed by atoms with Gasteiger partial charge in [0.25, 0.3) is 0 Å². The van der Waals surface area contributed by atoms with E-state index in [-0.39, 0.29) is 5.92 Å². The summed E-state index contributed by atoms with van der Waals surface area (Å²) in [5.41, 5.74) is 4.52. The van der Waals surface area contributed by atoms with Gasteiger partial charge in [0, 0.05) is 24.8 Å². The Morgan fingerprint density at radius 1 is 1.11 bits per heavy atom. The summed E-state index contributed by atoms with van der Waals surface area (Å²) < 4.78 is 5.76. The number of benzene rings is 2. The van der Waals surface area contributed by atoms with E-state index < -0.39 is 0 Å². The number of hydrogen-bond acceptors (Lipinski definition) is 3. The summed E-state index contributed by atoms with van der Waals surface area (Å²) >= 11 is 0. The first-order valence-corrected chi connectivity index (χ1v) is 9.77. The van der Waals surface area contributed by atoms with Gasteiger partial charge in [0.1, 0.15) is 12.4 Å². The Kier molecular flexibility index (Phi) is 10.2. The number of anilines is 2. The quantitative estimate of drug-likeness (QED) is 0.465. The normalized spacial score (nSPS) is 11.5. The van der Waals surface area contributed by atoms with Crippen molar-refractivity contribution in [3.63, 3.8) is 0 Å². The van der Waals surface area contributed by atoms with Gasteiger partial charge in [-0.1, -0.05) is 51.6 Å². The second-order valence-electron chi connectivity index (χ2n) is 6.45. The molecule has 1 atom stereocenters. The third kappa shape index (κ3) is 6.96. The molecule has 0 N–H and O–H groups in total. The Morgan fingerprint density at radius 2 is 1.64 bits per heavy atom. The van der Waals surface area contributed by atoms with Crippen LogP contribution in [0.25, 0.3) is 0 Å². The van der Waals surface area contributed by atoms with Crippen LogP contribution in [0.1, 0.15) is 45.6 Å². The summed E-state index contributed by atoms with van der Waals surface area (Å²) in [6.45, 7) is 12.3. The lowest BCUT2D eigenvalue weighted by Gasteiger charge is -2.21. The molecule has 0 radical (unpaired) electrons. The van der Waals surface area contributed by atoms with Gasteiger partial charge in [-0.15, -0.1) is 0 Å².